The fourth-order valence-electron chi connectivity index (χ4n) is 2.74. The summed E-state index contributed by atoms with van der Waals surface area (Å²) < 4.78 is 1.74. The Balaban J connectivity index is 1.93. The molecule has 2 aromatic heterocycles. The van der Waals surface area contributed by atoms with Gasteiger partial charge in [0.1, 0.15) is 6.54 Å². The van der Waals surface area contributed by atoms with E-state index < -0.39 is 0 Å². The summed E-state index contributed by atoms with van der Waals surface area (Å²) in [6.07, 6.45) is 0.868. The van der Waals surface area contributed by atoms with Crippen molar-refractivity contribution in [2.24, 2.45) is 0 Å². The summed E-state index contributed by atoms with van der Waals surface area (Å²) in [5.41, 5.74) is 3.86. The molecule has 1 atom stereocenters. The van der Waals surface area contributed by atoms with Crippen molar-refractivity contribution < 1.29 is 4.79 Å². The van der Waals surface area contributed by atoms with Gasteiger partial charge >= 0.3 is 0 Å². The van der Waals surface area contributed by atoms with Crippen molar-refractivity contribution in [3.63, 3.8) is 0 Å². The first kappa shape index (κ1) is 18.9. The van der Waals surface area contributed by atoms with Crippen molar-refractivity contribution in [1.82, 2.24) is 24.6 Å². The van der Waals surface area contributed by atoms with E-state index in [9.17, 15) is 4.79 Å². The van der Waals surface area contributed by atoms with E-state index in [-0.39, 0.29) is 18.5 Å². The minimum atomic E-state index is 0.0271. The number of nitrogens with one attached hydrogen (secondary N) is 1. The maximum atomic E-state index is 12.4. The Morgan fingerprint density at radius 3 is 2.56 bits per heavy atom. The molecule has 0 bridgehead atoms. The molecule has 0 aliphatic rings. The summed E-state index contributed by atoms with van der Waals surface area (Å²) in [5.74, 6) is 0.642. The molecule has 0 spiro atoms. The van der Waals surface area contributed by atoms with Crippen LogP contribution in [-0.2, 0) is 17.8 Å². The number of likely N-dealkylation sites (N-methyl/N-ethyl adjacent to an activating group) is 1. The van der Waals surface area contributed by atoms with Crippen LogP contribution in [0.25, 0.3) is 0 Å². The van der Waals surface area contributed by atoms with Crippen LogP contribution in [0.3, 0.4) is 0 Å². The molecule has 2 aromatic rings. The normalized spacial score (nSPS) is 12.1. The van der Waals surface area contributed by atoms with Gasteiger partial charge in [0.15, 0.2) is 0 Å². The van der Waals surface area contributed by atoms with Gasteiger partial charge in [0.05, 0.1) is 5.69 Å². The van der Waals surface area contributed by atoms with Gasteiger partial charge in [0, 0.05) is 36.7 Å². The number of amides is 1. The number of carbonyl (C=O) groups is 1. The number of rotatable bonds is 7. The van der Waals surface area contributed by atoms with E-state index in [0.29, 0.717) is 12.5 Å². The summed E-state index contributed by atoms with van der Waals surface area (Å²) in [6, 6.07) is 4.00. The monoisotopic (exact) mass is 344 g/mol. The smallest absolute Gasteiger partial charge is 0.244 e. The number of hydrogen-bond donors (Lipinski definition) is 1. The topological polar surface area (TPSA) is 75.9 Å². The van der Waals surface area contributed by atoms with Crippen molar-refractivity contribution in [2.45, 2.75) is 53.6 Å². The Hall–Kier alpha value is -2.44. The first-order valence-corrected chi connectivity index (χ1v) is 8.64. The molecular formula is C18H28N6O. The molecule has 25 heavy (non-hydrogen) atoms. The lowest BCUT2D eigenvalue weighted by Crippen LogP contribution is -2.38. The van der Waals surface area contributed by atoms with E-state index >= 15 is 0 Å². The molecule has 0 aromatic carbocycles. The Bertz CT molecular complexity index is 739. The van der Waals surface area contributed by atoms with Gasteiger partial charge in [-0.3, -0.25) is 9.48 Å². The second-order valence-electron chi connectivity index (χ2n) is 6.58. The molecule has 1 unspecified atom stereocenters. The van der Waals surface area contributed by atoms with Gasteiger partial charge in [-0.2, -0.15) is 5.10 Å². The van der Waals surface area contributed by atoms with Gasteiger partial charge in [0.25, 0.3) is 0 Å². The first-order valence-electron chi connectivity index (χ1n) is 8.64. The number of anilines is 1. The van der Waals surface area contributed by atoms with Gasteiger partial charge in [-0.1, -0.05) is 6.92 Å². The molecule has 0 fully saturated rings. The van der Waals surface area contributed by atoms with Crippen molar-refractivity contribution in [3.8, 4) is 0 Å². The number of nitrogens with zero attached hydrogens (tertiary/aromatic N) is 5. The molecule has 2 rings (SSSR count). The molecule has 1 N–H and O–H groups in total. The SMILES string of the molecule is CCc1cc(C)nc(NC(C)CN(C)C(=O)Cn2nc(C)cc2C)n1. The van der Waals surface area contributed by atoms with E-state index in [2.05, 4.69) is 27.3 Å². The molecule has 0 aliphatic heterocycles. The van der Waals surface area contributed by atoms with E-state index in [0.717, 1.165) is 29.2 Å². The fraction of sp³-hybridized carbons (Fsp3) is 0.556. The van der Waals surface area contributed by atoms with Gasteiger partial charge in [-0.15, -0.1) is 0 Å². The van der Waals surface area contributed by atoms with Gasteiger partial charge in [0.2, 0.25) is 11.9 Å². The molecule has 0 saturated carbocycles. The lowest BCUT2D eigenvalue weighted by atomic mass is 10.3. The van der Waals surface area contributed by atoms with Gasteiger partial charge < -0.3 is 10.2 Å². The number of carbonyl (C=O) groups excluding carboxylic acids is 1. The predicted octanol–water partition coefficient (Wildman–Crippen LogP) is 2.12. The first-order chi connectivity index (χ1) is 11.8. The average molecular weight is 344 g/mol. The Morgan fingerprint density at radius 2 is 1.96 bits per heavy atom. The third kappa shape index (κ3) is 5.27. The average Bonchev–Trinajstić information content (AvgIpc) is 2.83. The zero-order valence-corrected chi connectivity index (χ0v) is 16.0. The summed E-state index contributed by atoms with van der Waals surface area (Å²) in [5, 5.41) is 7.63. The highest BCUT2D eigenvalue weighted by Crippen LogP contribution is 2.08. The van der Waals surface area contributed by atoms with E-state index in [4.69, 9.17) is 0 Å². The fourth-order valence-corrected chi connectivity index (χ4v) is 2.74. The Kier molecular flexibility index (Phi) is 6.12. The van der Waals surface area contributed by atoms with Crippen molar-refractivity contribution in [3.05, 3.63) is 34.9 Å². The Morgan fingerprint density at radius 1 is 1.24 bits per heavy atom. The van der Waals surface area contributed by atoms with Crippen LogP contribution in [0.2, 0.25) is 0 Å². The molecule has 7 nitrogen and oxygen atoms in total. The number of aromatic nitrogens is 4. The zero-order chi connectivity index (χ0) is 18.6. The van der Waals surface area contributed by atoms with Crippen LogP contribution in [0.5, 0.6) is 0 Å². The highest BCUT2D eigenvalue weighted by molar-refractivity contribution is 5.75. The molecule has 136 valence electrons. The van der Waals surface area contributed by atoms with E-state index in [1.165, 1.54) is 0 Å². The standard InChI is InChI=1S/C18H28N6O/c1-7-16-9-12(2)19-18(21-16)20-14(4)10-23(6)17(25)11-24-15(5)8-13(3)22-24/h8-9,14H,7,10-11H2,1-6H3,(H,19,20,21). The van der Waals surface area contributed by atoms with Gasteiger partial charge in [-0.25, -0.2) is 9.97 Å². The Labute approximate surface area is 149 Å². The maximum absolute atomic E-state index is 12.4. The van der Waals surface area contributed by atoms with Crippen LogP contribution in [0.15, 0.2) is 12.1 Å². The third-order valence-corrected chi connectivity index (χ3v) is 4.01. The molecule has 0 saturated heterocycles. The predicted molar refractivity (Wildman–Crippen MR) is 98.6 cm³/mol. The van der Waals surface area contributed by atoms with Crippen LogP contribution >= 0.6 is 0 Å². The van der Waals surface area contributed by atoms with Crippen LogP contribution < -0.4 is 5.32 Å². The molecule has 2 heterocycles. The maximum Gasteiger partial charge on any atom is 0.244 e. The van der Waals surface area contributed by atoms with Crippen molar-refractivity contribution in [2.75, 3.05) is 18.9 Å². The van der Waals surface area contributed by atoms with Crippen molar-refractivity contribution >= 4 is 11.9 Å². The quantitative estimate of drug-likeness (QED) is 0.832. The van der Waals surface area contributed by atoms with Crippen LogP contribution in [0.4, 0.5) is 5.95 Å². The van der Waals surface area contributed by atoms with Crippen molar-refractivity contribution in [1.29, 1.82) is 0 Å². The molecule has 0 aliphatic carbocycles. The molecule has 7 heteroatoms. The minimum Gasteiger partial charge on any atom is -0.350 e. The molecular weight excluding hydrogens is 316 g/mol. The largest absolute Gasteiger partial charge is 0.350 e. The summed E-state index contributed by atoms with van der Waals surface area (Å²) in [6.45, 7) is 10.8. The summed E-state index contributed by atoms with van der Waals surface area (Å²) in [7, 11) is 1.81. The van der Waals surface area contributed by atoms with Crippen LogP contribution in [-0.4, -0.2) is 50.2 Å². The van der Waals surface area contributed by atoms with Crippen LogP contribution in [0.1, 0.15) is 36.6 Å². The summed E-state index contributed by atoms with van der Waals surface area (Å²) >= 11 is 0. The van der Waals surface area contributed by atoms with Crippen LogP contribution in [0, 0.1) is 20.8 Å². The second-order valence-corrected chi connectivity index (χ2v) is 6.58. The number of aryl methyl sites for hydroxylation is 4. The van der Waals surface area contributed by atoms with Gasteiger partial charge in [-0.05, 0) is 46.2 Å². The molecule has 0 radical (unpaired) electrons. The number of hydrogen-bond acceptors (Lipinski definition) is 5. The molecule has 1 amide bonds. The lowest BCUT2D eigenvalue weighted by Gasteiger charge is -2.23. The minimum absolute atomic E-state index is 0.0271. The van der Waals surface area contributed by atoms with E-state index in [1.807, 2.05) is 39.8 Å². The highest BCUT2D eigenvalue weighted by Gasteiger charge is 2.15. The zero-order valence-electron chi connectivity index (χ0n) is 16.0. The van der Waals surface area contributed by atoms with E-state index in [1.54, 1.807) is 16.6 Å². The summed E-state index contributed by atoms with van der Waals surface area (Å²) in [4.78, 5) is 23.0. The third-order valence-electron chi connectivity index (χ3n) is 4.01. The second kappa shape index (κ2) is 8.09. The highest BCUT2D eigenvalue weighted by atomic mass is 16.2. The lowest BCUT2D eigenvalue weighted by molar-refractivity contribution is -0.130.